The molecule has 1 aromatic heterocycles. The van der Waals surface area contributed by atoms with Gasteiger partial charge in [-0.05, 0) is 42.8 Å². The highest BCUT2D eigenvalue weighted by atomic mass is 35.5. The fraction of sp³-hybridized carbons (Fsp3) is 0.304. The van der Waals surface area contributed by atoms with Gasteiger partial charge in [0.2, 0.25) is 0 Å². The Kier molecular flexibility index (Phi) is 6.60. The van der Waals surface area contributed by atoms with E-state index in [1.54, 1.807) is 44.4 Å². The lowest BCUT2D eigenvalue weighted by Crippen LogP contribution is -2.31. The Hall–Kier alpha value is -2.74. The van der Waals surface area contributed by atoms with Crippen molar-refractivity contribution in [2.24, 2.45) is 0 Å². The Morgan fingerprint density at radius 3 is 2.59 bits per heavy atom. The molecule has 1 aliphatic rings. The molecule has 2 heterocycles. The molecule has 1 unspecified atom stereocenters. The fourth-order valence-electron chi connectivity index (χ4n) is 4.07. The molecule has 0 radical (unpaired) electrons. The number of methoxy groups -OCH3 is 3. The second-order valence-electron chi connectivity index (χ2n) is 7.34. The van der Waals surface area contributed by atoms with Crippen LogP contribution < -0.4 is 9.47 Å². The van der Waals surface area contributed by atoms with Gasteiger partial charge in [0.15, 0.2) is 0 Å². The highest BCUT2D eigenvalue weighted by Gasteiger charge is 2.43. The molecule has 0 spiro atoms. The monoisotopic (exact) mass is 475 g/mol. The topological polar surface area (TPSA) is 76.7 Å². The first-order valence-corrected chi connectivity index (χ1v) is 10.8. The van der Waals surface area contributed by atoms with Gasteiger partial charge in [0.25, 0.3) is 5.91 Å². The molecule has 7 nitrogen and oxygen atoms in total. The maximum atomic E-state index is 13.4. The number of nitrogens with zero attached hydrogens (tertiary/aromatic N) is 2. The van der Waals surface area contributed by atoms with Crippen LogP contribution in [0.25, 0.3) is 11.3 Å². The minimum atomic E-state index is -0.445. The van der Waals surface area contributed by atoms with E-state index < -0.39 is 6.04 Å². The SMILES string of the molecule is COCCCN1C(=O)c2[nH]nc(-c3ccc(Cl)cc3Cl)c2C1c1cc(OC)ccc1OC. The van der Waals surface area contributed by atoms with Crippen molar-refractivity contribution in [1.29, 1.82) is 0 Å². The maximum absolute atomic E-state index is 13.4. The Bertz CT molecular complexity index is 1150. The van der Waals surface area contributed by atoms with E-state index in [9.17, 15) is 4.79 Å². The normalized spacial score (nSPS) is 15.2. The lowest BCUT2D eigenvalue weighted by atomic mass is 9.95. The molecular weight excluding hydrogens is 453 g/mol. The third-order valence-electron chi connectivity index (χ3n) is 5.53. The third-order valence-corrected chi connectivity index (χ3v) is 6.08. The number of carbonyl (C=O) groups is 1. The Labute approximate surface area is 196 Å². The number of ether oxygens (including phenoxy) is 3. The van der Waals surface area contributed by atoms with Gasteiger partial charge in [-0.1, -0.05) is 23.2 Å². The number of benzene rings is 2. The first kappa shape index (κ1) is 22.5. The predicted octanol–water partition coefficient (Wildman–Crippen LogP) is 4.98. The first-order chi connectivity index (χ1) is 15.5. The molecule has 0 saturated heterocycles. The molecule has 1 aliphatic heterocycles. The molecule has 0 fully saturated rings. The van der Waals surface area contributed by atoms with Gasteiger partial charge in [-0.15, -0.1) is 0 Å². The highest BCUT2D eigenvalue weighted by Crippen LogP contribution is 2.47. The van der Waals surface area contributed by atoms with Gasteiger partial charge in [0.05, 0.1) is 25.3 Å². The van der Waals surface area contributed by atoms with Crippen molar-refractivity contribution in [3.05, 3.63) is 63.3 Å². The summed E-state index contributed by atoms with van der Waals surface area (Å²) < 4.78 is 16.3. The van der Waals surface area contributed by atoms with Crippen molar-refractivity contribution in [3.63, 3.8) is 0 Å². The second kappa shape index (κ2) is 9.40. The highest BCUT2D eigenvalue weighted by molar-refractivity contribution is 6.36. The van der Waals surface area contributed by atoms with Crippen molar-refractivity contribution in [2.75, 3.05) is 34.5 Å². The molecule has 168 valence electrons. The van der Waals surface area contributed by atoms with Crippen LogP contribution in [0.4, 0.5) is 0 Å². The van der Waals surface area contributed by atoms with Crippen LogP contribution in [0, 0.1) is 0 Å². The Morgan fingerprint density at radius 2 is 1.91 bits per heavy atom. The Balaban J connectivity index is 1.91. The molecule has 0 bridgehead atoms. The van der Waals surface area contributed by atoms with Crippen molar-refractivity contribution in [3.8, 4) is 22.8 Å². The van der Waals surface area contributed by atoms with E-state index in [1.165, 1.54) is 0 Å². The molecule has 1 N–H and O–H groups in total. The minimum absolute atomic E-state index is 0.144. The van der Waals surface area contributed by atoms with Gasteiger partial charge >= 0.3 is 0 Å². The van der Waals surface area contributed by atoms with E-state index in [4.69, 9.17) is 37.4 Å². The number of hydrogen-bond donors (Lipinski definition) is 1. The lowest BCUT2D eigenvalue weighted by Gasteiger charge is -2.28. The summed E-state index contributed by atoms with van der Waals surface area (Å²) >= 11 is 12.6. The number of aromatic amines is 1. The summed E-state index contributed by atoms with van der Waals surface area (Å²) in [5.41, 5.74) is 3.25. The average Bonchev–Trinajstić information content (AvgIpc) is 3.33. The van der Waals surface area contributed by atoms with Crippen LogP contribution in [0.2, 0.25) is 10.0 Å². The van der Waals surface area contributed by atoms with Gasteiger partial charge in [0, 0.05) is 42.0 Å². The van der Waals surface area contributed by atoms with Crippen LogP contribution in [0.1, 0.15) is 34.1 Å². The summed E-state index contributed by atoms with van der Waals surface area (Å²) in [5, 5.41) is 8.36. The molecule has 32 heavy (non-hydrogen) atoms. The van der Waals surface area contributed by atoms with Gasteiger partial charge in [-0.25, -0.2) is 0 Å². The van der Waals surface area contributed by atoms with E-state index in [1.807, 2.05) is 18.2 Å². The number of amides is 1. The van der Waals surface area contributed by atoms with Crippen LogP contribution in [0.15, 0.2) is 36.4 Å². The molecule has 9 heteroatoms. The molecule has 0 aliphatic carbocycles. The van der Waals surface area contributed by atoms with Crippen LogP contribution in [-0.4, -0.2) is 55.5 Å². The second-order valence-corrected chi connectivity index (χ2v) is 8.18. The summed E-state index contributed by atoms with van der Waals surface area (Å²) in [4.78, 5) is 15.2. The summed E-state index contributed by atoms with van der Waals surface area (Å²) in [5.74, 6) is 1.16. The minimum Gasteiger partial charge on any atom is -0.497 e. The van der Waals surface area contributed by atoms with Crippen molar-refractivity contribution < 1.29 is 19.0 Å². The lowest BCUT2D eigenvalue weighted by molar-refractivity contribution is 0.0721. The number of halogens is 2. The summed E-state index contributed by atoms with van der Waals surface area (Å²) in [6.07, 6.45) is 0.680. The first-order valence-electron chi connectivity index (χ1n) is 10.1. The quantitative estimate of drug-likeness (QED) is 0.464. The van der Waals surface area contributed by atoms with E-state index in [-0.39, 0.29) is 5.91 Å². The summed E-state index contributed by atoms with van der Waals surface area (Å²) in [6, 6.07) is 10.3. The smallest absolute Gasteiger partial charge is 0.273 e. The van der Waals surface area contributed by atoms with E-state index in [2.05, 4.69) is 10.2 Å². The number of H-pyrrole nitrogens is 1. The molecular formula is C23H23Cl2N3O4. The summed E-state index contributed by atoms with van der Waals surface area (Å²) in [6.45, 7) is 1.03. The fourth-order valence-corrected chi connectivity index (χ4v) is 4.57. The van der Waals surface area contributed by atoms with E-state index in [0.717, 1.165) is 11.1 Å². The number of hydrogen-bond acceptors (Lipinski definition) is 5. The number of nitrogens with one attached hydrogen (secondary N) is 1. The molecule has 0 saturated carbocycles. The predicted molar refractivity (Wildman–Crippen MR) is 123 cm³/mol. The zero-order chi connectivity index (χ0) is 22.8. The van der Waals surface area contributed by atoms with Gasteiger partial charge in [-0.2, -0.15) is 5.10 Å². The van der Waals surface area contributed by atoms with Crippen molar-refractivity contribution >= 4 is 29.1 Å². The largest absolute Gasteiger partial charge is 0.497 e. The standard InChI is InChI=1S/C23H23Cl2N3O4/c1-30-10-4-9-28-22(16-12-14(31-2)6-8-18(16)32-3)19-20(26-27-21(19)23(28)29)15-7-5-13(24)11-17(15)25/h5-8,11-12,22H,4,9-10H2,1-3H3,(H,26,27). The molecule has 3 aromatic rings. The van der Waals surface area contributed by atoms with Gasteiger partial charge < -0.3 is 19.1 Å². The van der Waals surface area contributed by atoms with E-state index in [0.29, 0.717) is 58.1 Å². The third kappa shape index (κ3) is 3.92. The van der Waals surface area contributed by atoms with Crippen molar-refractivity contribution in [2.45, 2.75) is 12.5 Å². The summed E-state index contributed by atoms with van der Waals surface area (Å²) in [7, 11) is 4.84. The maximum Gasteiger partial charge on any atom is 0.273 e. The van der Waals surface area contributed by atoms with Gasteiger partial charge in [-0.3, -0.25) is 9.89 Å². The van der Waals surface area contributed by atoms with E-state index >= 15 is 0 Å². The molecule has 4 rings (SSSR count). The van der Waals surface area contributed by atoms with Gasteiger partial charge in [0.1, 0.15) is 22.9 Å². The average molecular weight is 476 g/mol. The van der Waals surface area contributed by atoms with Crippen LogP contribution >= 0.6 is 23.2 Å². The number of rotatable bonds is 8. The number of carbonyl (C=O) groups excluding carboxylic acids is 1. The Morgan fingerprint density at radius 1 is 1.09 bits per heavy atom. The molecule has 1 atom stereocenters. The zero-order valence-electron chi connectivity index (χ0n) is 17.9. The van der Waals surface area contributed by atoms with Crippen LogP contribution in [-0.2, 0) is 4.74 Å². The zero-order valence-corrected chi connectivity index (χ0v) is 19.5. The van der Waals surface area contributed by atoms with Crippen LogP contribution in [0.5, 0.6) is 11.5 Å². The van der Waals surface area contributed by atoms with Crippen molar-refractivity contribution in [1.82, 2.24) is 15.1 Å². The number of aromatic nitrogens is 2. The van der Waals surface area contributed by atoms with Crippen LogP contribution in [0.3, 0.4) is 0 Å². The molecule has 2 aromatic carbocycles. The number of fused-ring (bicyclic) bond motifs is 1. The molecule has 1 amide bonds.